The molecule has 0 amide bonds. The number of hydrogen-bond donors (Lipinski definition) is 0. The van der Waals surface area contributed by atoms with Gasteiger partial charge in [-0.3, -0.25) is 0 Å². The smallest absolute Gasteiger partial charge is 0.0978 e. The Balaban J connectivity index is 1.10. The maximum absolute atomic E-state index is 5.47. The molecule has 0 radical (unpaired) electrons. The second kappa shape index (κ2) is 14.1. The number of fused-ring (bicyclic) bond motifs is 5. The van der Waals surface area contributed by atoms with Gasteiger partial charge in [0, 0.05) is 33.0 Å². The molecule has 0 spiro atoms. The number of aromatic nitrogens is 3. The standard InChI is InChI=1S/C55H35N3/c1-3-13-36(14-4-1)43-33-51(39-17-5-2-6-18-39)56-52(34-43)40-25-27-41(28-26-40)53-35-49(46-23-11-19-37-15-7-9-21-44(37)46)48-31-29-42-30-32-50(57-54(42)55(48)58-53)47-24-12-20-38-16-8-10-22-45(38)47/h1-35H. The fraction of sp³-hybridized carbons (Fsp3) is 0. The lowest BCUT2D eigenvalue weighted by Gasteiger charge is -2.15. The van der Waals surface area contributed by atoms with Crippen molar-refractivity contribution in [1.29, 1.82) is 0 Å². The van der Waals surface area contributed by atoms with Gasteiger partial charge >= 0.3 is 0 Å². The van der Waals surface area contributed by atoms with E-state index in [1.807, 2.05) is 6.07 Å². The molecule has 0 aliphatic rings. The molecular formula is C55H35N3. The molecule has 0 fully saturated rings. The van der Waals surface area contributed by atoms with Gasteiger partial charge in [0.2, 0.25) is 0 Å². The van der Waals surface area contributed by atoms with Gasteiger partial charge in [0.05, 0.1) is 33.8 Å². The summed E-state index contributed by atoms with van der Waals surface area (Å²) in [6.45, 7) is 0. The van der Waals surface area contributed by atoms with Crippen LogP contribution in [0.5, 0.6) is 0 Å². The summed E-state index contributed by atoms with van der Waals surface area (Å²) in [5.74, 6) is 0. The highest BCUT2D eigenvalue weighted by Crippen LogP contribution is 2.40. The van der Waals surface area contributed by atoms with E-state index < -0.39 is 0 Å². The van der Waals surface area contributed by atoms with Crippen LogP contribution in [0.4, 0.5) is 0 Å². The molecule has 11 aromatic rings. The predicted molar refractivity (Wildman–Crippen MR) is 242 cm³/mol. The first-order chi connectivity index (χ1) is 28.7. The summed E-state index contributed by atoms with van der Waals surface area (Å²) in [7, 11) is 0. The van der Waals surface area contributed by atoms with E-state index in [-0.39, 0.29) is 0 Å². The van der Waals surface area contributed by atoms with Crippen molar-refractivity contribution in [3.8, 4) is 67.3 Å². The van der Waals surface area contributed by atoms with Gasteiger partial charge in [0.25, 0.3) is 0 Å². The Kier molecular flexibility index (Phi) is 8.15. The van der Waals surface area contributed by atoms with Crippen molar-refractivity contribution in [2.75, 3.05) is 0 Å². The minimum atomic E-state index is 0.883. The Labute approximate surface area is 336 Å². The SMILES string of the molecule is c1ccc(-c2cc(-c3ccccc3)nc(-c3ccc(-c4cc(-c5cccc6ccccc56)c5ccc6ccc(-c7cccc8ccccc78)nc6c5n4)cc3)c2)cc1. The predicted octanol–water partition coefficient (Wildman–Crippen LogP) is 14.5. The van der Waals surface area contributed by atoms with E-state index in [4.69, 9.17) is 15.0 Å². The Bertz CT molecular complexity index is 3250. The van der Waals surface area contributed by atoms with Gasteiger partial charge in [-0.05, 0) is 68.1 Å². The summed E-state index contributed by atoms with van der Waals surface area (Å²) < 4.78 is 0. The second-order valence-corrected chi connectivity index (χ2v) is 14.8. The van der Waals surface area contributed by atoms with Crippen LogP contribution in [0.2, 0.25) is 0 Å². The van der Waals surface area contributed by atoms with Crippen molar-refractivity contribution in [1.82, 2.24) is 15.0 Å². The summed E-state index contributed by atoms with van der Waals surface area (Å²) in [6.07, 6.45) is 0. The third-order valence-corrected chi connectivity index (χ3v) is 11.3. The number of rotatable bonds is 6. The molecule has 3 nitrogen and oxygen atoms in total. The lowest BCUT2D eigenvalue weighted by molar-refractivity contribution is 1.32. The van der Waals surface area contributed by atoms with Crippen LogP contribution in [0.1, 0.15) is 0 Å². The van der Waals surface area contributed by atoms with Crippen molar-refractivity contribution < 1.29 is 0 Å². The molecule has 58 heavy (non-hydrogen) atoms. The van der Waals surface area contributed by atoms with Crippen LogP contribution in [-0.2, 0) is 0 Å². The molecule has 270 valence electrons. The Hall–Kier alpha value is -7.75. The summed E-state index contributed by atoms with van der Waals surface area (Å²) in [6, 6.07) is 75.1. The first kappa shape index (κ1) is 33.6. The third kappa shape index (κ3) is 5.98. The zero-order valence-corrected chi connectivity index (χ0v) is 31.5. The molecule has 0 atom stereocenters. The van der Waals surface area contributed by atoms with Gasteiger partial charge in [-0.25, -0.2) is 15.0 Å². The first-order valence-electron chi connectivity index (χ1n) is 19.7. The summed E-state index contributed by atoms with van der Waals surface area (Å²) in [4.78, 5) is 16.1. The molecule has 0 saturated carbocycles. The molecule has 3 aromatic heterocycles. The van der Waals surface area contributed by atoms with Crippen LogP contribution in [0.15, 0.2) is 212 Å². The minimum Gasteiger partial charge on any atom is -0.248 e. The van der Waals surface area contributed by atoms with Crippen LogP contribution in [0.25, 0.3) is 111 Å². The van der Waals surface area contributed by atoms with Crippen LogP contribution >= 0.6 is 0 Å². The number of benzene rings is 8. The van der Waals surface area contributed by atoms with E-state index in [2.05, 4.69) is 206 Å². The normalized spacial score (nSPS) is 11.4. The minimum absolute atomic E-state index is 0.883. The molecule has 0 aliphatic heterocycles. The van der Waals surface area contributed by atoms with Gasteiger partial charge in [-0.1, -0.05) is 188 Å². The van der Waals surface area contributed by atoms with E-state index in [0.29, 0.717) is 0 Å². The molecule has 0 unspecified atom stereocenters. The molecule has 0 aliphatic carbocycles. The van der Waals surface area contributed by atoms with Crippen molar-refractivity contribution >= 4 is 43.4 Å². The molecule has 0 saturated heterocycles. The van der Waals surface area contributed by atoms with Crippen molar-refractivity contribution in [2.24, 2.45) is 0 Å². The van der Waals surface area contributed by atoms with Gasteiger partial charge in [-0.2, -0.15) is 0 Å². The first-order valence-corrected chi connectivity index (χ1v) is 19.7. The lowest BCUT2D eigenvalue weighted by atomic mass is 9.93. The Morgan fingerprint density at radius 2 is 0.724 bits per heavy atom. The van der Waals surface area contributed by atoms with Crippen LogP contribution in [-0.4, -0.2) is 15.0 Å². The highest BCUT2D eigenvalue weighted by molar-refractivity contribution is 6.13. The molecule has 3 heteroatoms. The van der Waals surface area contributed by atoms with Gasteiger partial charge in [-0.15, -0.1) is 0 Å². The van der Waals surface area contributed by atoms with E-state index in [9.17, 15) is 0 Å². The Morgan fingerprint density at radius 3 is 1.40 bits per heavy atom. The van der Waals surface area contributed by atoms with Crippen molar-refractivity contribution in [3.05, 3.63) is 212 Å². The summed E-state index contributed by atoms with van der Waals surface area (Å²) in [5.41, 5.74) is 14.3. The number of pyridine rings is 3. The molecule has 3 heterocycles. The molecule has 11 rings (SSSR count). The maximum atomic E-state index is 5.47. The quantitative estimate of drug-likeness (QED) is 0.160. The fourth-order valence-electron chi connectivity index (χ4n) is 8.35. The van der Waals surface area contributed by atoms with Gasteiger partial charge in [0.1, 0.15) is 0 Å². The largest absolute Gasteiger partial charge is 0.248 e. The Morgan fingerprint density at radius 1 is 0.224 bits per heavy atom. The highest BCUT2D eigenvalue weighted by Gasteiger charge is 2.17. The van der Waals surface area contributed by atoms with Crippen LogP contribution in [0, 0.1) is 0 Å². The van der Waals surface area contributed by atoms with Crippen LogP contribution < -0.4 is 0 Å². The second-order valence-electron chi connectivity index (χ2n) is 14.8. The van der Waals surface area contributed by atoms with Crippen molar-refractivity contribution in [3.63, 3.8) is 0 Å². The number of nitrogens with zero attached hydrogens (tertiary/aromatic N) is 3. The molecular weight excluding hydrogens is 703 g/mol. The summed E-state index contributed by atoms with van der Waals surface area (Å²) >= 11 is 0. The molecule has 8 aromatic carbocycles. The zero-order chi connectivity index (χ0) is 38.4. The van der Waals surface area contributed by atoms with Gasteiger partial charge < -0.3 is 0 Å². The van der Waals surface area contributed by atoms with E-state index >= 15 is 0 Å². The number of hydrogen-bond acceptors (Lipinski definition) is 3. The van der Waals surface area contributed by atoms with Crippen LogP contribution in [0.3, 0.4) is 0 Å². The average molecular weight is 738 g/mol. The topological polar surface area (TPSA) is 38.7 Å². The van der Waals surface area contributed by atoms with Gasteiger partial charge in [0.15, 0.2) is 0 Å². The average Bonchev–Trinajstić information content (AvgIpc) is 3.31. The molecule has 0 bridgehead atoms. The lowest BCUT2D eigenvalue weighted by Crippen LogP contribution is -1.95. The monoisotopic (exact) mass is 737 g/mol. The maximum Gasteiger partial charge on any atom is 0.0978 e. The zero-order valence-electron chi connectivity index (χ0n) is 31.5. The fourth-order valence-corrected chi connectivity index (χ4v) is 8.35. The van der Waals surface area contributed by atoms with E-state index in [0.717, 1.165) is 83.5 Å². The highest BCUT2D eigenvalue weighted by atomic mass is 14.8. The summed E-state index contributed by atoms with van der Waals surface area (Å²) in [5, 5.41) is 6.91. The van der Waals surface area contributed by atoms with E-state index in [1.165, 1.54) is 27.1 Å². The molecule has 0 N–H and O–H groups in total. The van der Waals surface area contributed by atoms with E-state index in [1.54, 1.807) is 0 Å². The van der Waals surface area contributed by atoms with Crippen molar-refractivity contribution in [2.45, 2.75) is 0 Å². The third-order valence-electron chi connectivity index (χ3n) is 11.3.